The number of rotatable bonds is 6. The minimum atomic E-state index is -0.145. The fourth-order valence-corrected chi connectivity index (χ4v) is 9.57. The first-order valence-electron chi connectivity index (χ1n) is 20.3. The number of anilines is 3. The fraction of sp³-hybridized carbons (Fsp3) is 0.0526. The summed E-state index contributed by atoms with van der Waals surface area (Å²) >= 11 is 0. The SMILES string of the molecule is CC1(C)c2ccccc2-c2ccc(N(c3ccc4cc(-c5ccccc5)ccc4c3)c3cccc(-c4ccccc4)c3-c3cc4ccccc4c4ccccc34)cc21. The lowest BCUT2D eigenvalue weighted by atomic mass is 9.82. The molecule has 0 amide bonds. The summed E-state index contributed by atoms with van der Waals surface area (Å²) in [6.45, 7) is 4.74. The van der Waals surface area contributed by atoms with Crippen LogP contribution in [0.25, 0.3) is 76.8 Å². The summed E-state index contributed by atoms with van der Waals surface area (Å²) < 4.78 is 0. The first kappa shape index (κ1) is 34.1. The first-order valence-corrected chi connectivity index (χ1v) is 20.3. The molecular formula is C57H41N. The monoisotopic (exact) mass is 739 g/mol. The molecule has 0 N–H and O–H groups in total. The fourth-order valence-electron chi connectivity index (χ4n) is 9.57. The molecule has 274 valence electrons. The molecule has 0 unspecified atom stereocenters. The van der Waals surface area contributed by atoms with Crippen molar-refractivity contribution in [2.75, 3.05) is 4.90 Å². The molecule has 0 atom stereocenters. The standard InChI is InChI=1S/C57H41N/c1-57(2)53-26-14-13-24-50(53)51-33-32-45(37-54(51)57)58(44-31-30-41-34-40(28-29-42(41)35-44)38-16-5-3-6-17-38)55-27-15-25-47(39-18-7-4-8-19-39)56(55)52-36-43-20-9-10-21-46(43)48-22-11-12-23-49(48)52/h3-37H,1-2H3. The molecule has 0 aromatic heterocycles. The Morgan fingerprint density at radius 2 is 0.931 bits per heavy atom. The van der Waals surface area contributed by atoms with Crippen LogP contribution in [0.5, 0.6) is 0 Å². The number of hydrogen-bond acceptors (Lipinski definition) is 1. The Bertz CT molecular complexity index is 3190. The summed E-state index contributed by atoms with van der Waals surface area (Å²) in [6, 6.07) is 78.4. The number of hydrogen-bond donors (Lipinski definition) is 0. The molecule has 10 aromatic carbocycles. The van der Waals surface area contributed by atoms with Gasteiger partial charge in [0.05, 0.1) is 5.69 Å². The van der Waals surface area contributed by atoms with Crippen LogP contribution in [0.3, 0.4) is 0 Å². The summed E-state index contributed by atoms with van der Waals surface area (Å²) in [6.07, 6.45) is 0. The topological polar surface area (TPSA) is 3.24 Å². The largest absolute Gasteiger partial charge is 0.310 e. The van der Waals surface area contributed by atoms with E-state index in [0.29, 0.717) is 0 Å². The molecule has 0 bridgehead atoms. The van der Waals surface area contributed by atoms with E-state index in [1.165, 1.54) is 88.0 Å². The highest BCUT2D eigenvalue weighted by Crippen LogP contribution is 2.53. The number of nitrogens with zero attached hydrogens (tertiary/aromatic N) is 1. The summed E-state index contributed by atoms with van der Waals surface area (Å²) in [5.41, 5.74) is 15.9. The predicted octanol–water partition coefficient (Wildman–Crippen LogP) is 15.9. The van der Waals surface area contributed by atoms with Crippen molar-refractivity contribution in [3.05, 3.63) is 223 Å². The van der Waals surface area contributed by atoms with Gasteiger partial charge < -0.3 is 4.90 Å². The normalized spacial score (nSPS) is 12.8. The van der Waals surface area contributed by atoms with Gasteiger partial charge in [0.25, 0.3) is 0 Å². The average molecular weight is 740 g/mol. The lowest BCUT2D eigenvalue weighted by molar-refractivity contribution is 0.660. The molecule has 1 aliphatic carbocycles. The van der Waals surface area contributed by atoms with Crippen molar-refractivity contribution in [3.8, 4) is 44.5 Å². The van der Waals surface area contributed by atoms with Crippen molar-refractivity contribution >= 4 is 49.4 Å². The Labute approximate surface area is 340 Å². The highest BCUT2D eigenvalue weighted by molar-refractivity contribution is 6.16. The molecule has 0 fully saturated rings. The molecule has 0 saturated carbocycles. The van der Waals surface area contributed by atoms with Gasteiger partial charge in [0.1, 0.15) is 0 Å². The van der Waals surface area contributed by atoms with E-state index in [2.05, 4.69) is 231 Å². The molecule has 10 aromatic rings. The van der Waals surface area contributed by atoms with E-state index < -0.39 is 0 Å². The molecule has 0 heterocycles. The Hall–Kier alpha value is -7.22. The van der Waals surface area contributed by atoms with Crippen LogP contribution in [-0.4, -0.2) is 0 Å². The van der Waals surface area contributed by atoms with Crippen LogP contribution < -0.4 is 4.90 Å². The maximum atomic E-state index is 2.51. The highest BCUT2D eigenvalue weighted by atomic mass is 15.1. The average Bonchev–Trinajstić information content (AvgIpc) is 3.51. The maximum Gasteiger partial charge on any atom is 0.0546 e. The zero-order chi connectivity index (χ0) is 38.8. The minimum absolute atomic E-state index is 0.145. The van der Waals surface area contributed by atoms with Gasteiger partial charge in [-0.2, -0.15) is 0 Å². The van der Waals surface area contributed by atoms with Gasteiger partial charge in [-0.25, -0.2) is 0 Å². The lowest BCUT2D eigenvalue weighted by Crippen LogP contribution is -2.17. The molecule has 0 radical (unpaired) electrons. The molecule has 0 saturated heterocycles. The minimum Gasteiger partial charge on any atom is -0.310 e. The smallest absolute Gasteiger partial charge is 0.0546 e. The van der Waals surface area contributed by atoms with E-state index in [1.54, 1.807) is 0 Å². The Balaban J connectivity index is 1.21. The molecule has 11 rings (SSSR count). The summed E-state index contributed by atoms with van der Waals surface area (Å²) in [4.78, 5) is 2.51. The molecule has 1 heteroatoms. The first-order chi connectivity index (χ1) is 28.5. The molecule has 58 heavy (non-hydrogen) atoms. The van der Waals surface area contributed by atoms with Gasteiger partial charge in [-0.15, -0.1) is 0 Å². The summed E-state index contributed by atoms with van der Waals surface area (Å²) in [7, 11) is 0. The van der Waals surface area contributed by atoms with Gasteiger partial charge in [-0.3, -0.25) is 0 Å². The highest BCUT2D eigenvalue weighted by Gasteiger charge is 2.36. The zero-order valence-electron chi connectivity index (χ0n) is 32.7. The summed E-state index contributed by atoms with van der Waals surface area (Å²) in [5.74, 6) is 0. The van der Waals surface area contributed by atoms with Crippen LogP contribution in [0.2, 0.25) is 0 Å². The van der Waals surface area contributed by atoms with Gasteiger partial charge in [0, 0.05) is 22.4 Å². The molecule has 1 aliphatic rings. The lowest BCUT2D eigenvalue weighted by Gasteiger charge is -2.31. The second kappa shape index (κ2) is 13.5. The van der Waals surface area contributed by atoms with Crippen LogP contribution in [0, 0.1) is 0 Å². The second-order valence-corrected chi connectivity index (χ2v) is 16.1. The van der Waals surface area contributed by atoms with Gasteiger partial charge in [0.15, 0.2) is 0 Å². The second-order valence-electron chi connectivity index (χ2n) is 16.1. The van der Waals surface area contributed by atoms with Crippen molar-refractivity contribution in [2.24, 2.45) is 0 Å². The van der Waals surface area contributed by atoms with Crippen molar-refractivity contribution in [3.63, 3.8) is 0 Å². The van der Waals surface area contributed by atoms with E-state index in [0.717, 1.165) is 17.1 Å². The van der Waals surface area contributed by atoms with E-state index >= 15 is 0 Å². The van der Waals surface area contributed by atoms with Crippen molar-refractivity contribution in [2.45, 2.75) is 19.3 Å². The molecule has 0 spiro atoms. The molecular weight excluding hydrogens is 699 g/mol. The third kappa shape index (κ3) is 5.46. The van der Waals surface area contributed by atoms with Gasteiger partial charge in [0.2, 0.25) is 0 Å². The number of benzene rings is 10. The van der Waals surface area contributed by atoms with Crippen LogP contribution in [0.15, 0.2) is 212 Å². The van der Waals surface area contributed by atoms with Crippen LogP contribution in [0.1, 0.15) is 25.0 Å². The Morgan fingerprint density at radius 1 is 0.328 bits per heavy atom. The van der Waals surface area contributed by atoms with Crippen LogP contribution in [-0.2, 0) is 5.41 Å². The third-order valence-electron chi connectivity index (χ3n) is 12.4. The van der Waals surface area contributed by atoms with Crippen molar-refractivity contribution in [1.82, 2.24) is 0 Å². The van der Waals surface area contributed by atoms with Crippen molar-refractivity contribution in [1.29, 1.82) is 0 Å². The van der Waals surface area contributed by atoms with Crippen LogP contribution in [0.4, 0.5) is 17.1 Å². The van der Waals surface area contributed by atoms with Crippen LogP contribution >= 0.6 is 0 Å². The third-order valence-corrected chi connectivity index (χ3v) is 12.4. The zero-order valence-corrected chi connectivity index (χ0v) is 32.7. The van der Waals surface area contributed by atoms with E-state index in [9.17, 15) is 0 Å². The predicted molar refractivity (Wildman–Crippen MR) is 248 cm³/mol. The molecule has 0 aliphatic heterocycles. The van der Waals surface area contributed by atoms with Crippen molar-refractivity contribution < 1.29 is 0 Å². The van der Waals surface area contributed by atoms with Gasteiger partial charge in [-0.1, -0.05) is 184 Å². The number of fused-ring (bicyclic) bond motifs is 7. The maximum absolute atomic E-state index is 2.51. The van der Waals surface area contributed by atoms with E-state index in [4.69, 9.17) is 0 Å². The summed E-state index contributed by atoms with van der Waals surface area (Å²) in [5, 5.41) is 7.41. The molecule has 1 nitrogen and oxygen atoms in total. The Morgan fingerprint density at radius 3 is 1.76 bits per heavy atom. The Kier molecular flexibility index (Phi) is 7.91. The van der Waals surface area contributed by atoms with E-state index in [1.807, 2.05) is 0 Å². The van der Waals surface area contributed by atoms with E-state index in [-0.39, 0.29) is 5.41 Å². The van der Waals surface area contributed by atoms with Gasteiger partial charge in [-0.05, 0) is 125 Å². The quantitative estimate of drug-likeness (QED) is 0.154. The van der Waals surface area contributed by atoms with Gasteiger partial charge >= 0.3 is 0 Å².